The molecule has 0 aliphatic heterocycles. The number of nitrogens with zero attached hydrogens (tertiary/aromatic N) is 1. The van der Waals surface area contributed by atoms with Crippen molar-refractivity contribution in [3.63, 3.8) is 0 Å². The van der Waals surface area contributed by atoms with Gasteiger partial charge in [-0.2, -0.15) is 4.99 Å². The molecule has 0 saturated carbocycles. The van der Waals surface area contributed by atoms with E-state index >= 15 is 0 Å². The van der Waals surface area contributed by atoms with Crippen LogP contribution in [0.25, 0.3) is 0 Å². The Labute approximate surface area is 161 Å². The minimum Gasteiger partial charge on any atom is -0.497 e. The molecule has 1 aromatic carbocycles. The van der Waals surface area contributed by atoms with Crippen LogP contribution in [0, 0.1) is 11.8 Å². The summed E-state index contributed by atoms with van der Waals surface area (Å²) < 4.78 is 5.14. The fourth-order valence-electron chi connectivity index (χ4n) is 2.47. The summed E-state index contributed by atoms with van der Waals surface area (Å²) in [4.78, 5) is 28.4. The molecular weight excluding hydrogens is 344 g/mol. The molecule has 27 heavy (non-hydrogen) atoms. The molecule has 1 atom stereocenters. The van der Waals surface area contributed by atoms with E-state index < -0.39 is 6.04 Å². The Balaban J connectivity index is 2.72. The minimum atomic E-state index is -0.530. The van der Waals surface area contributed by atoms with Crippen LogP contribution < -0.4 is 21.1 Å². The lowest BCUT2D eigenvalue weighted by Crippen LogP contribution is -2.50. The van der Waals surface area contributed by atoms with E-state index in [0.29, 0.717) is 24.6 Å². The van der Waals surface area contributed by atoms with E-state index in [9.17, 15) is 9.59 Å². The van der Waals surface area contributed by atoms with Crippen LogP contribution in [0.4, 0.5) is 0 Å². The molecule has 0 aliphatic carbocycles. The van der Waals surface area contributed by atoms with Crippen LogP contribution >= 0.6 is 0 Å². The number of carbonyl (C=O) groups is 2. The summed E-state index contributed by atoms with van der Waals surface area (Å²) in [5.41, 5.74) is 6.65. The second-order valence-electron chi connectivity index (χ2n) is 7.38. The first-order valence-corrected chi connectivity index (χ1v) is 9.25. The van der Waals surface area contributed by atoms with Gasteiger partial charge in [0.1, 0.15) is 11.8 Å². The monoisotopic (exact) mass is 376 g/mol. The predicted octanol–water partition coefficient (Wildman–Crippen LogP) is 1.86. The Hall–Kier alpha value is -2.57. The third-order valence-corrected chi connectivity index (χ3v) is 3.76. The number of aliphatic imine (C=N–C) groups is 1. The molecule has 0 saturated heterocycles. The zero-order valence-electron chi connectivity index (χ0n) is 16.9. The van der Waals surface area contributed by atoms with Gasteiger partial charge in [0, 0.05) is 6.54 Å². The zero-order valence-corrected chi connectivity index (χ0v) is 16.9. The van der Waals surface area contributed by atoms with Crippen LogP contribution in [0.1, 0.15) is 39.7 Å². The lowest BCUT2D eigenvalue weighted by Gasteiger charge is -2.21. The first-order valence-electron chi connectivity index (χ1n) is 9.25. The van der Waals surface area contributed by atoms with Crippen LogP contribution in [0.3, 0.4) is 0 Å². The van der Waals surface area contributed by atoms with Gasteiger partial charge >= 0.3 is 0 Å². The Kier molecular flexibility index (Phi) is 9.33. The number of rotatable bonds is 9. The molecule has 7 heteroatoms. The molecule has 4 N–H and O–H groups in total. The Morgan fingerprint density at radius 1 is 1.19 bits per heavy atom. The van der Waals surface area contributed by atoms with Crippen molar-refractivity contribution in [1.29, 1.82) is 0 Å². The molecule has 0 aliphatic rings. The summed E-state index contributed by atoms with van der Waals surface area (Å²) in [7, 11) is 1.57. The normalized spacial score (nSPS) is 12.8. The van der Waals surface area contributed by atoms with Crippen molar-refractivity contribution in [1.82, 2.24) is 10.6 Å². The summed E-state index contributed by atoms with van der Waals surface area (Å²) in [5.74, 6) is 0.731. The molecule has 0 unspecified atom stereocenters. The zero-order chi connectivity index (χ0) is 20.4. The molecule has 2 amide bonds. The molecule has 1 rings (SSSR count). The van der Waals surface area contributed by atoms with Gasteiger partial charge in [0.15, 0.2) is 5.96 Å². The van der Waals surface area contributed by atoms with Gasteiger partial charge in [0.25, 0.3) is 5.91 Å². The van der Waals surface area contributed by atoms with E-state index in [1.54, 1.807) is 19.2 Å². The largest absolute Gasteiger partial charge is 0.497 e. The molecule has 0 heterocycles. The lowest BCUT2D eigenvalue weighted by atomic mass is 10.0. The molecule has 1 aromatic rings. The fourth-order valence-corrected chi connectivity index (χ4v) is 2.47. The molecule has 7 nitrogen and oxygen atoms in total. The van der Waals surface area contributed by atoms with Gasteiger partial charge in [-0.1, -0.05) is 39.8 Å². The van der Waals surface area contributed by atoms with Gasteiger partial charge in [0.05, 0.1) is 13.5 Å². The number of benzene rings is 1. The maximum atomic E-state index is 12.4. The average molecular weight is 377 g/mol. The van der Waals surface area contributed by atoms with E-state index in [1.165, 1.54) is 0 Å². The topological polar surface area (TPSA) is 106 Å². The number of hydrogen-bond acceptors (Lipinski definition) is 3. The van der Waals surface area contributed by atoms with E-state index in [0.717, 1.165) is 5.56 Å². The van der Waals surface area contributed by atoms with Crippen molar-refractivity contribution in [3.8, 4) is 5.75 Å². The fraction of sp³-hybridized carbons (Fsp3) is 0.550. The molecule has 0 radical (unpaired) electrons. The highest BCUT2D eigenvalue weighted by atomic mass is 16.5. The van der Waals surface area contributed by atoms with Crippen LogP contribution in [0.15, 0.2) is 29.3 Å². The summed E-state index contributed by atoms with van der Waals surface area (Å²) >= 11 is 0. The van der Waals surface area contributed by atoms with Crippen LogP contribution in [-0.4, -0.2) is 37.5 Å². The molecule has 0 fully saturated rings. The first kappa shape index (κ1) is 22.5. The van der Waals surface area contributed by atoms with Gasteiger partial charge in [0.2, 0.25) is 5.91 Å². The number of hydrogen-bond donors (Lipinski definition) is 3. The van der Waals surface area contributed by atoms with Crippen molar-refractivity contribution >= 4 is 17.8 Å². The number of guanidine groups is 1. The van der Waals surface area contributed by atoms with Crippen molar-refractivity contribution in [2.24, 2.45) is 22.6 Å². The van der Waals surface area contributed by atoms with Gasteiger partial charge in [-0.05, 0) is 36.0 Å². The smallest absolute Gasteiger partial charge is 0.253 e. The number of amides is 2. The van der Waals surface area contributed by atoms with E-state index in [1.807, 2.05) is 39.8 Å². The van der Waals surface area contributed by atoms with Gasteiger partial charge in [-0.3, -0.25) is 9.59 Å². The van der Waals surface area contributed by atoms with Crippen molar-refractivity contribution < 1.29 is 14.3 Å². The quantitative estimate of drug-likeness (QED) is 0.450. The molecule has 0 bridgehead atoms. The number of nitrogens with one attached hydrogen (secondary N) is 2. The predicted molar refractivity (Wildman–Crippen MR) is 108 cm³/mol. The summed E-state index contributed by atoms with van der Waals surface area (Å²) in [6.07, 6.45) is 0.693. The van der Waals surface area contributed by atoms with Gasteiger partial charge in [-0.15, -0.1) is 0 Å². The third-order valence-electron chi connectivity index (χ3n) is 3.76. The molecule has 0 aromatic heterocycles. The van der Waals surface area contributed by atoms with Crippen LogP contribution in [-0.2, 0) is 16.0 Å². The second-order valence-corrected chi connectivity index (χ2v) is 7.38. The maximum absolute atomic E-state index is 12.4. The van der Waals surface area contributed by atoms with Crippen molar-refractivity contribution in [3.05, 3.63) is 29.8 Å². The molecular formula is C20H32N4O3. The maximum Gasteiger partial charge on any atom is 0.253 e. The van der Waals surface area contributed by atoms with Crippen LogP contribution in [0.2, 0.25) is 0 Å². The SMILES string of the molecule is COc1cccc(CC(=O)N=C(N)N[C@H](CC(C)C)C(=O)NCC(C)C)c1. The van der Waals surface area contributed by atoms with Crippen LogP contribution in [0.5, 0.6) is 5.75 Å². The van der Waals surface area contributed by atoms with E-state index in [-0.39, 0.29) is 30.1 Å². The first-order chi connectivity index (χ1) is 12.7. The van der Waals surface area contributed by atoms with Gasteiger partial charge < -0.3 is 21.1 Å². The van der Waals surface area contributed by atoms with E-state index in [4.69, 9.17) is 10.5 Å². The summed E-state index contributed by atoms with van der Waals surface area (Å²) in [6.45, 7) is 8.68. The summed E-state index contributed by atoms with van der Waals surface area (Å²) in [6, 6.07) is 6.68. The average Bonchev–Trinajstić information content (AvgIpc) is 2.58. The Morgan fingerprint density at radius 2 is 1.89 bits per heavy atom. The minimum absolute atomic E-state index is 0.0479. The molecule has 0 spiro atoms. The number of nitrogens with two attached hydrogens (primary N) is 1. The van der Waals surface area contributed by atoms with E-state index in [2.05, 4.69) is 15.6 Å². The number of carbonyl (C=O) groups excluding carboxylic acids is 2. The molecule has 150 valence electrons. The highest BCUT2D eigenvalue weighted by Crippen LogP contribution is 2.13. The van der Waals surface area contributed by atoms with Crippen molar-refractivity contribution in [2.45, 2.75) is 46.6 Å². The highest BCUT2D eigenvalue weighted by Gasteiger charge is 2.20. The van der Waals surface area contributed by atoms with Gasteiger partial charge in [-0.25, -0.2) is 0 Å². The third kappa shape index (κ3) is 9.08. The number of ether oxygens (including phenoxy) is 1. The standard InChI is InChI=1S/C20H32N4O3/c1-13(2)9-17(19(26)22-12-14(3)4)23-20(21)24-18(25)11-15-7-6-8-16(10-15)27-5/h6-8,10,13-14,17H,9,11-12H2,1-5H3,(H,22,26)(H3,21,23,24,25)/t17-/m1/s1. The second kappa shape index (κ2) is 11.2. The lowest BCUT2D eigenvalue weighted by molar-refractivity contribution is -0.123. The highest BCUT2D eigenvalue weighted by molar-refractivity contribution is 5.95. The number of methoxy groups -OCH3 is 1. The van der Waals surface area contributed by atoms with Crippen molar-refractivity contribution in [2.75, 3.05) is 13.7 Å². The Bertz CT molecular complexity index is 656. The Morgan fingerprint density at radius 3 is 2.48 bits per heavy atom. The summed E-state index contributed by atoms with van der Waals surface area (Å²) in [5, 5.41) is 5.77.